The van der Waals surface area contributed by atoms with Crippen LogP contribution in [0.3, 0.4) is 0 Å². The Morgan fingerprint density at radius 3 is 2.29 bits per heavy atom. The first-order chi connectivity index (χ1) is 9.83. The van der Waals surface area contributed by atoms with E-state index in [9.17, 15) is 17.6 Å². The third-order valence-corrected chi connectivity index (χ3v) is 3.92. The lowest BCUT2D eigenvalue weighted by Gasteiger charge is -2.09. The molecule has 0 amide bonds. The maximum Gasteiger partial charge on any atom is 0.446 e. The van der Waals surface area contributed by atoms with Crippen LogP contribution < -0.4 is 5.32 Å². The van der Waals surface area contributed by atoms with Gasteiger partial charge in [-0.25, -0.2) is 4.39 Å². The van der Waals surface area contributed by atoms with Gasteiger partial charge in [-0.2, -0.15) is 13.2 Å². The number of hydrogen-bond acceptors (Lipinski definition) is 2. The van der Waals surface area contributed by atoms with Gasteiger partial charge in [0.25, 0.3) is 0 Å². The van der Waals surface area contributed by atoms with E-state index in [1.807, 2.05) is 0 Å². The Kier molecular flexibility index (Phi) is 5.16. The molecule has 2 rings (SSSR count). The van der Waals surface area contributed by atoms with E-state index < -0.39 is 5.51 Å². The van der Waals surface area contributed by atoms with Crippen LogP contribution in [0.4, 0.5) is 23.2 Å². The first kappa shape index (κ1) is 16.2. The predicted molar refractivity (Wildman–Crippen MR) is 79.8 cm³/mol. The molecule has 0 saturated heterocycles. The number of anilines is 1. The normalized spacial score (nSPS) is 11.5. The molecular weight excluding hydrogens is 370 g/mol. The molecule has 0 spiro atoms. The summed E-state index contributed by atoms with van der Waals surface area (Å²) in [6, 6.07) is 10.6. The summed E-state index contributed by atoms with van der Waals surface area (Å²) in [6.45, 7) is 0.440. The van der Waals surface area contributed by atoms with Gasteiger partial charge in [0.05, 0.1) is 4.47 Å². The molecule has 1 nitrogen and oxygen atoms in total. The highest BCUT2D eigenvalue weighted by Gasteiger charge is 2.28. The van der Waals surface area contributed by atoms with Crippen LogP contribution in [0.25, 0.3) is 0 Å². The molecule has 7 heteroatoms. The Morgan fingerprint density at radius 2 is 1.71 bits per heavy atom. The lowest BCUT2D eigenvalue weighted by Crippen LogP contribution is -2.01. The monoisotopic (exact) mass is 379 g/mol. The molecule has 0 atom stereocenters. The molecule has 0 aliphatic rings. The van der Waals surface area contributed by atoms with Crippen molar-refractivity contribution in [3.8, 4) is 0 Å². The Bertz CT molecular complexity index is 613. The van der Waals surface area contributed by atoms with Crippen LogP contribution in [0, 0.1) is 5.82 Å². The summed E-state index contributed by atoms with van der Waals surface area (Å²) in [5.41, 5.74) is -2.72. The van der Waals surface area contributed by atoms with Crippen molar-refractivity contribution in [3.63, 3.8) is 0 Å². The predicted octanol–water partition coefficient (Wildman–Crippen LogP) is 5.81. The zero-order chi connectivity index (χ0) is 15.5. The average Bonchev–Trinajstić information content (AvgIpc) is 2.40. The zero-order valence-corrected chi connectivity index (χ0v) is 12.9. The van der Waals surface area contributed by atoms with E-state index in [-0.39, 0.29) is 22.5 Å². The first-order valence-electron chi connectivity index (χ1n) is 5.87. The van der Waals surface area contributed by atoms with Crippen molar-refractivity contribution in [2.75, 3.05) is 5.32 Å². The fraction of sp³-hybridized carbons (Fsp3) is 0.143. The second-order valence-corrected chi connectivity index (χ2v) is 6.17. The van der Waals surface area contributed by atoms with E-state index >= 15 is 0 Å². The van der Waals surface area contributed by atoms with Gasteiger partial charge in [0, 0.05) is 17.1 Å². The largest absolute Gasteiger partial charge is 0.446 e. The van der Waals surface area contributed by atoms with Crippen molar-refractivity contribution in [2.24, 2.45) is 0 Å². The fourth-order valence-corrected chi connectivity index (χ4v) is 2.54. The Morgan fingerprint density at radius 1 is 1.05 bits per heavy atom. The lowest BCUT2D eigenvalue weighted by molar-refractivity contribution is -0.0328. The summed E-state index contributed by atoms with van der Waals surface area (Å²) < 4.78 is 50.0. The maximum atomic E-state index is 13.1. The van der Waals surface area contributed by atoms with Crippen LogP contribution in [0.1, 0.15) is 5.56 Å². The quantitative estimate of drug-likeness (QED) is 0.531. The van der Waals surface area contributed by atoms with Gasteiger partial charge >= 0.3 is 5.51 Å². The molecule has 0 radical (unpaired) electrons. The summed E-state index contributed by atoms with van der Waals surface area (Å²) in [6.07, 6.45) is 0. The first-order valence-corrected chi connectivity index (χ1v) is 7.48. The Labute approximate surface area is 131 Å². The van der Waals surface area contributed by atoms with Crippen molar-refractivity contribution in [1.82, 2.24) is 0 Å². The molecule has 0 bridgehead atoms. The molecular formula is C14H10BrF4NS. The van der Waals surface area contributed by atoms with E-state index in [0.29, 0.717) is 11.0 Å². The van der Waals surface area contributed by atoms with Crippen LogP contribution in [-0.2, 0) is 6.54 Å². The van der Waals surface area contributed by atoms with Gasteiger partial charge in [0.2, 0.25) is 0 Å². The maximum absolute atomic E-state index is 13.1. The number of halogens is 5. The molecule has 0 aliphatic carbocycles. The molecule has 2 aromatic carbocycles. The third kappa shape index (κ3) is 5.24. The van der Waals surface area contributed by atoms with Gasteiger partial charge in [-0.3, -0.25) is 0 Å². The summed E-state index contributed by atoms with van der Waals surface area (Å²) in [5.74, 6) is -0.353. The molecule has 112 valence electrons. The fourth-order valence-electron chi connectivity index (χ4n) is 1.62. The van der Waals surface area contributed by atoms with E-state index in [4.69, 9.17) is 0 Å². The Balaban J connectivity index is 1.96. The van der Waals surface area contributed by atoms with Crippen molar-refractivity contribution >= 4 is 33.4 Å². The minimum absolute atomic E-state index is 0.141. The van der Waals surface area contributed by atoms with Gasteiger partial charge < -0.3 is 5.32 Å². The number of hydrogen-bond donors (Lipinski definition) is 1. The summed E-state index contributed by atoms with van der Waals surface area (Å²) in [5, 5.41) is 3.07. The molecule has 1 N–H and O–H groups in total. The van der Waals surface area contributed by atoms with E-state index in [0.717, 1.165) is 11.3 Å². The minimum atomic E-state index is -4.28. The summed E-state index contributed by atoms with van der Waals surface area (Å²) >= 11 is 2.94. The molecule has 0 saturated carbocycles. The number of rotatable bonds is 4. The molecule has 0 aromatic heterocycles. The van der Waals surface area contributed by atoms with Crippen LogP contribution in [0.15, 0.2) is 51.8 Å². The van der Waals surface area contributed by atoms with Gasteiger partial charge in [-0.05, 0) is 63.6 Å². The standard InChI is InChI=1S/C14H10BrF4NS/c15-12-7-10(3-6-13(12)16)20-8-9-1-4-11(5-2-9)21-14(17,18)19/h1-7,20H,8H2. The summed E-state index contributed by atoms with van der Waals surface area (Å²) in [7, 11) is 0. The van der Waals surface area contributed by atoms with E-state index in [1.54, 1.807) is 24.3 Å². The van der Waals surface area contributed by atoms with E-state index in [1.165, 1.54) is 18.2 Å². The van der Waals surface area contributed by atoms with Crippen molar-refractivity contribution in [2.45, 2.75) is 16.9 Å². The van der Waals surface area contributed by atoms with Crippen molar-refractivity contribution in [3.05, 3.63) is 58.3 Å². The van der Waals surface area contributed by atoms with Crippen LogP contribution in [-0.4, -0.2) is 5.51 Å². The van der Waals surface area contributed by atoms with Crippen LogP contribution in [0.2, 0.25) is 0 Å². The zero-order valence-electron chi connectivity index (χ0n) is 10.5. The van der Waals surface area contributed by atoms with Gasteiger partial charge in [0.15, 0.2) is 0 Å². The average molecular weight is 380 g/mol. The topological polar surface area (TPSA) is 12.0 Å². The Hall–Kier alpha value is -1.21. The smallest absolute Gasteiger partial charge is 0.381 e. The van der Waals surface area contributed by atoms with Crippen LogP contribution in [0.5, 0.6) is 0 Å². The van der Waals surface area contributed by atoms with Crippen molar-refractivity contribution < 1.29 is 17.6 Å². The number of thioether (sulfide) groups is 1. The SMILES string of the molecule is Fc1ccc(NCc2ccc(SC(F)(F)F)cc2)cc1Br. The van der Waals surface area contributed by atoms with Crippen LogP contribution >= 0.6 is 27.7 Å². The highest BCUT2D eigenvalue weighted by Crippen LogP contribution is 2.36. The minimum Gasteiger partial charge on any atom is -0.381 e. The molecule has 2 aromatic rings. The second kappa shape index (κ2) is 6.70. The number of nitrogens with one attached hydrogen (secondary N) is 1. The summed E-state index contributed by atoms with van der Waals surface area (Å²) in [4.78, 5) is 0.149. The molecule has 0 heterocycles. The molecule has 0 unspecified atom stereocenters. The highest BCUT2D eigenvalue weighted by atomic mass is 79.9. The molecule has 21 heavy (non-hydrogen) atoms. The van der Waals surface area contributed by atoms with Gasteiger partial charge in [-0.15, -0.1) is 0 Å². The number of benzene rings is 2. The lowest BCUT2D eigenvalue weighted by atomic mass is 10.2. The van der Waals surface area contributed by atoms with Crippen molar-refractivity contribution in [1.29, 1.82) is 0 Å². The van der Waals surface area contributed by atoms with Gasteiger partial charge in [0.1, 0.15) is 5.82 Å². The highest BCUT2D eigenvalue weighted by molar-refractivity contribution is 9.10. The van der Waals surface area contributed by atoms with E-state index in [2.05, 4.69) is 21.2 Å². The second-order valence-electron chi connectivity index (χ2n) is 4.17. The third-order valence-electron chi connectivity index (χ3n) is 2.57. The molecule has 0 fully saturated rings. The van der Waals surface area contributed by atoms with Gasteiger partial charge in [-0.1, -0.05) is 12.1 Å². The molecule has 0 aliphatic heterocycles. The number of alkyl halides is 3.